The van der Waals surface area contributed by atoms with Gasteiger partial charge in [-0.05, 0) is 24.5 Å². The van der Waals surface area contributed by atoms with Crippen molar-refractivity contribution in [2.75, 3.05) is 6.61 Å². The molecular formula is C17H22O2. The first-order valence-electron chi connectivity index (χ1n) is 6.23. The lowest BCUT2D eigenvalue weighted by molar-refractivity contribution is -0.138. The molecule has 1 aromatic carbocycles. The Balaban J connectivity index is 0.000000344. The van der Waals surface area contributed by atoms with Crippen molar-refractivity contribution in [3.8, 4) is 0 Å². The summed E-state index contributed by atoms with van der Waals surface area (Å²) >= 11 is 0. The highest BCUT2D eigenvalue weighted by atomic mass is 16.5. The van der Waals surface area contributed by atoms with Crippen molar-refractivity contribution in [1.82, 2.24) is 0 Å². The average molecular weight is 258 g/mol. The predicted molar refractivity (Wildman–Crippen MR) is 82.7 cm³/mol. The summed E-state index contributed by atoms with van der Waals surface area (Å²) in [6.07, 6.45) is 4.52. The summed E-state index contributed by atoms with van der Waals surface area (Å²) < 4.78 is 4.71. The van der Waals surface area contributed by atoms with E-state index in [1.54, 1.807) is 6.92 Å². The van der Waals surface area contributed by atoms with Crippen molar-refractivity contribution < 1.29 is 9.53 Å². The number of rotatable bonds is 5. The molecule has 0 atom stereocenters. The van der Waals surface area contributed by atoms with Gasteiger partial charge in [0.2, 0.25) is 0 Å². The maximum Gasteiger partial charge on any atom is 0.333 e. The van der Waals surface area contributed by atoms with E-state index < -0.39 is 0 Å². The molecular weight excluding hydrogens is 236 g/mol. The molecule has 0 fully saturated rings. The molecule has 0 spiro atoms. The zero-order valence-electron chi connectivity index (χ0n) is 11.8. The third-order valence-electron chi connectivity index (χ3n) is 2.22. The van der Waals surface area contributed by atoms with E-state index >= 15 is 0 Å². The van der Waals surface area contributed by atoms with Gasteiger partial charge in [0.1, 0.15) is 0 Å². The van der Waals surface area contributed by atoms with E-state index in [2.05, 4.69) is 19.7 Å². The summed E-state index contributed by atoms with van der Waals surface area (Å²) in [4.78, 5) is 10.6. The van der Waals surface area contributed by atoms with Crippen molar-refractivity contribution in [2.24, 2.45) is 0 Å². The number of carbonyl (C=O) groups excluding carboxylic acids is 1. The maximum atomic E-state index is 10.6. The normalized spacial score (nSPS) is 8.74. The van der Waals surface area contributed by atoms with Gasteiger partial charge in [-0.2, -0.15) is 0 Å². The molecule has 0 aliphatic heterocycles. The molecule has 0 saturated carbocycles. The monoisotopic (exact) mass is 258 g/mol. The van der Waals surface area contributed by atoms with Crippen LogP contribution >= 0.6 is 0 Å². The van der Waals surface area contributed by atoms with E-state index in [4.69, 9.17) is 4.74 Å². The summed E-state index contributed by atoms with van der Waals surface area (Å²) in [6.45, 7) is 14.9. The number of esters is 1. The van der Waals surface area contributed by atoms with Crippen LogP contribution < -0.4 is 0 Å². The maximum absolute atomic E-state index is 10.6. The van der Waals surface area contributed by atoms with Crippen LogP contribution in [-0.2, 0) is 9.53 Å². The Morgan fingerprint density at radius 3 is 2.00 bits per heavy atom. The van der Waals surface area contributed by atoms with Gasteiger partial charge in [0, 0.05) is 5.57 Å². The van der Waals surface area contributed by atoms with Crippen LogP contribution in [0.15, 0.2) is 49.6 Å². The molecule has 0 aliphatic carbocycles. The minimum absolute atomic E-state index is 0.295. The highest BCUT2D eigenvalue weighted by Gasteiger charge is 1.99. The van der Waals surface area contributed by atoms with Crippen LogP contribution in [0, 0.1) is 0 Å². The highest BCUT2D eigenvalue weighted by Crippen LogP contribution is 2.10. The molecule has 0 heterocycles. The Hall–Kier alpha value is -2.09. The van der Waals surface area contributed by atoms with Gasteiger partial charge in [0.15, 0.2) is 0 Å². The first-order valence-corrected chi connectivity index (χ1v) is 6.23. The van der Waals surface area contributed by atoms with Gasteiger partial charge < -0.3 is 4.74 Å². The minimum Gasteiger partial charge on any atom is -0.462 e. The number of hydrogen-bond donors (Lipinski definition) is 0. The van der Waals surface area contributed by atoms with Gasteiger partial charge >= 0.3 is 5.97 Å². The second kappa shape index (κ2) is 9.89. The van der Waals surface area contributed by atoms with E-state index in [9.17, 15) is 4.79 Å². The van der Waals surface area contributed by atoms with Crippen LogP contribution in [0.25, 0.3) is 12.2 Å². The van der Waals surface area contributed by atoms with Gasteiger partial charge in [0.05, 0.1) is 6.61 Å². The highest BCUT2D eigenvalue weighted by molar-refractivity contribution is 5.86. The second-order valence-electron chi connectivity index (χ2n) is 3.95. The van der Waals surface area contributed by atoms with Gasteiger partial charge in [-0.1, -0.05) is 63.1 Å². The van der Waals surface area contributed by atoms with E-state index in [1.165, 1.54) is 0 Å². The lowest BCUT2D eigenvalue weighted by atomic mass is 10.1. The van der Waals surface area contributed by atoms with Crippen LogP contribution in [0.5, 0.6) is 0 Å². The van der Waals surface area contributed by atoms with E-state index in [0.29, 0.717) is 12.2 Å². The molecule has 0 aromatic heterocycles. The van der Waals surface area contributed by atoms with Gasteiger partial charge in [-0.15, -0.1) is 0 Å². The van der Waals surface area contributed by atoms with Crippen LogP contribution in [0.2, 0.25) is 0 Å². The Labute approximate surface area is 116 Å². The SMILES string of the molecule is C=C(C)C(=O)OCCC.C=Cc1ccccc1C=C. The molecule has 2 heteroatoms. The van der Waals surface area contributed by atoms with Crippen molar-refractivity contribution in [3.63, 3.8) is 0 Å². The fourth-order valence-electron chi connectivity index (χ4n) is 1.20. The van der Waals surface area contributed by atoms with Crippen LogP contribution in [0.1, 0.15) is 31.4 Å². The molecule has 0 amide bonds. The second-order valence-corrected chi connectivity index (χ2v) is 3.95. The van der Waals surface area contributed by atoms with Crippen molar-refractivity contribution in [2.45, 2.75) is 20.3 Å². The third kappa shape index (κ3) is 7.04. The summed E-state index contributed by atoms with van der Waals surface area (Å²) in [5, 5.41) is 0. The average Bonchev–Trinajstić information content (AvgIpc) is 2.45. The summed E-state index contributed by atoms with van der Waals surface area (Å²) in [6, 6.07) is 8.02. The Bertz CT molecular complexity index is 417. The lowest BCUT2D eigenvalue weighted by Gasteiger charge is -1.99. The molecule has 0 N–H and O–H groups in total. The molecule has 0 saturated heterocycles. The first-order chi connectivity index (χ1) is 9.06. The zero-order valence-corrected chi connectivity index (χ0v) is 11.8. The number of hydrogen-bond acceptors (Lipinski definition) is 2. The number of carbonyl (C=O) groups is 1. The van der Waals surface area contributed by atoms with Gasteiger partial charge in [-0.3, -0.25) is 0 Å². The summed E-state index contributed by atoms with van der Waals surface area (Å²) in [5.74, 6) is -0.295. The van der Waals surface area contributed by atoms with E-state index in [0.717, 1.165) is 17.5 Å². The Morgan fingerprint density at radius 2 is 1.68 bits per heavy atom. The molecule has 0 bridgehead atoms. The minimum atomic E-state index is -0.295. The van der Waals surface area contributed by atoms with Crippen molar-refractivity contribution >= 4 is 18.1 Å². The Morgan fingerprint density at radius 1 is 1.21 bits per heavy atom. The van der Waals surface area contributed by atoms with Gasteiger partial charge in [0.25, 0.3) is 0 Å². The van der Waals surface area contributed by atoms with Crippen molar-refractivity contribution in [3.05, 3.63) is 60.7 Å². The van der Waals surface area contributed by atoms with E-state index in [1.807, 2.05) is 43.3 Å². The van der Waals surface area contributed by atoms with E-state index in [-0.39, 0.29) is 5.97 Å². The third-order valence-corrected chi connectivity index (χ3v) is 2.22. The first kappa shape index (κ1) is 16.9. The molecule has 19 heavy (non-hydrogen) atoms. The molecule has 2 nitrogen and oxygen atoms in total. The molecule has 0 aliphatic rings. The predicted octanol–water partition coefficient (Wildman–Crippen LogP) is 4.49. The number of benzene rings is 1. The molecule has 0 radical (unpaired) electrons. The van der Waals surface area contributed by atoms with Gasteiger partial charge in [-0.25, -0.2) is 4.79 Å². The molecule has 0 unspecified atom stereocenters. The van der Waals surface area contributed by atoms with Crippen LogP contribution in [-0.4, -0.2) is 12.6 Å². The topological polar surface area (TPSA) is 26.3 Å². The quantitative estimate of drug-likeness (QED) is 0.574. The fourth-order valence-corrected chi connectivity index (χ4v) is 1.20. The standard InChI is InChI=1S/C10H10.C7H12O2/c1-3-9-7-5-6-8-10(9)4-2;1-4-5-9-7(8)6(2)3/h3-8H,1-2H2;2,4-5H2,1,3H3. The van der Waals surface area contributed by atoms with Crippen LogP contribution in [0.3, 0.4) is 0 Å². The largest absolute Gasteiger partial charge is 0.462 e. The summed E-state index contributed by atoms with van der Waals surface area (Å²) in [7, 11) is 0. The number of ether oxygens (including phenoxy) is 1. The smallest absolute Gasteiger partial charge is 0.333 e. The fraction of sp³-hybridized carbons (Fsp3) is 0.235. The van der Waals surface area contributed by atoms with Crippen LogP contribution in [0.4, 0.5) is 0 Å². The molecule has 1 aromatic rings. The molecule has 102 valence electrons. The zero-order chi connectivity index (χ0) is 14.7. The van der Waals surface area contributed by atoms with Crippen molar-refractivity contribution in [1.29, 1.82) is 0 Å². The lowest BCUT2D eigenvalue weighted by Crippen LogP contribution is -2.04. The molecule has 1 rings (SSSR count). The summed E-state index contributed by atoms with van der Waals surface area (Å²) in [5.41, 5.74) is 2.73. The Kier molecular flexibility index (Phi) is 8.80.